The maximum atomic E-state index is 6.53. The molecule has 1 heterocycles. The number of rotatable bonds is 6. The van der Waals surface area contributed by atoms with Gasteiger partial charge in [-0.05, 0) is 58.3 Å². The first-order valence-electron chi connectivity index (χ1n) is 12.9. The SMILES string of the molecule is CNc1ccc2ccccc2c1C(C)(CC=C1Oc2c(ccc3ccccc23)N1C)Cc1ccccc1. The highest BCUT2D eigenvalue weighted by Crippen LogP contribution is 2.45. The molecule has 37 heavy (non-hydrogen) atoms. The van der Waals surface area contributed by atoms with E-state index in [2.05, 4.69) is 133 Å². The second kappa shape index (κ2) is 9.33. The number of anilines is 2. The number of nitrogens with zero attached hydrogens (tertiary/aromatic N) is 1. The summed E-state index contributed by atoms with van der Waals surface area (Å²) in [5.74, 6) is 1.83. The van der Waals surface area contributed by atoms with Gasteiger partial charge in [-0.1, -0.05) is 97.9 Å². The first-order chi connectivity index (χ1) is 18.1. The molecule has 0 saturated carbocycles. The van der Waals surface area contributed by atoms with Gasteiger partial charge in [0.15, 0.2) is 11.6 Å². The Morgan fingerprint density at radius 3 is 2.19 bits per heavy atom. The van der Waals surface area contributed by atoms with Crippen molar-refractivity contribution in [3.8, 4) is 5.75 Å². The van der Waals surface area contributed by atoms with Gasteiger partial charge in [-0.2, -0.15) is 0 Å². The second-order valence-corrected chi connectivity index (χ2v) is 10.2. The highest BCUT2D eigenvalue weighted by molar-refractivity contribution is 5.95. The van der Waals surface area contributed by atoms with Gasteiger partial charge >= 0.3 is 0 Å². The van der Waals surface area contributed by atoms with Crippen molar-refractivity contribution in [2.45, 2.75) is 25.2 Å². The Bertz CT molecular complexity index is 1620. The normalized spacial score (nSPS) is 15.5. The van der Waals surface area contributed by atoms with Crippen molar-refractivity contribution in [2.24, 2.45) is 0 Å². The van der Waals surface area contributed by atoms with Crippen molar-refractivity contribution in [1.29, 1.82) is 0 Å². The lowest BCUT2D eigenvalue weighted by molar-refractivity contribution is 0.428. The summed E-state index contributed by atoms with van der Waals surface area (Å²) in [6.07, 6.45) is 4.02. The first-order valence-corrected chi connectivity index (χ1v) is 12.9. The van der Waals surface area contributed by atoms with Crippen molar-refractivity contribution in [2.75, 3.05) is 24.3 Å². The zero-order valence-electron chi connectivity index (χ0n) is 21.7. The van der Waals surface area contributed by atoms with Gasteiger partial charge in [0.1, 0.15) is 0 Å². The number of fused-ring (bicyclic) bond motifs is 4. The molecule has 1 unspecified atom stereocenters. The summed E-state index contributed by atoms with van der Waals surface area (Å²) in [6.45, 7) is 2.39. The number of ether oxygens (including phenoxy) is 1. The Kier molecular flexibility index (Phi) is 5.84. The maximum absolute atomic E-state index is 6.53. The largest absolute Gasteiger partial charge is 0.438 e. The minimum absolute atomic E-state index is 0.172. The molecule has 0 saturated heterocycles. The van der Waals surface area contributed by atoms with Gasteiger partial charge in [0.25, 0.3) is 0 Å². The standard InChI is InChI=1S/C34H32N2O/c1-34(23-24-11-5-4-6-12-24,32-27-15-9-7-13-25(27)17-19-29(32)35-2)22-21-31-36(3)30-20-18-26-14-8-10-16-28(26)33(30)37-31/h4-21,35H,22-23H2,1-3H3. The maximum Gasteiger partial charge on any atom is 0.196 e. The molecule has 0 fully saturated rings. The topological polar surface area (TPSA) is 24.5 Å². The van der Waals surface area contributed by atoms with Crippen LogP contribution in [-0.4, -0.2) is 14.1 Å². The Balaban J connectivity index is 1.45. The van der Waals surface area contributed by atoms with Gasteiger partial charge in [-0.3, -0.25) is 0 Å². The average Bonchev–Trinajstić information content (AvgIpc) is 3.27. The van der Waals surface area contributed by atoms with Crippen LogP contribution in [0.5, 0.6) is 5.75 Å². The summed E-state index contributed by atoms with van der Waals surface area (Å²) in [5.41, 5.74) is 4.78. The van der Waals surface area contributed by atoms with E-state index in [0.717, 1.165) is 35.5 Å². The number of hydrogen-bond acceptors (Lipinski definition) is 3. The molecule has 5 aromatic rings. The van der Waals surface area contributed by atoms with Crippen LogP contribution in [0.15, 0.2) is 115 Å². The molecule has 1 N–H and O–H groups in total. The van der Waals surface area contributed by atoms with E-state index in [1.807, 2.05) is 7.05 Å². The number of allylic oxidation sites excluding steroid dienone is 1. The zero-order chi connectivity index (χ0) is 25.4. The summed E-state index contributed by atoms with van der Waals surface area (Å²) in [5, 5.41) is 8.38. The molecule has 0 spiro atoms. The van der Waals surface area contributed by atoms with Gasteiger partial charge in [-0.25, -0.2) is 0 Å². The summed E-state index contributed by atoms with van der Waals surface area (Å²) < 4.78 is 6.53. The van der Waals surface area contributed by atoms with Gasteiger partial charge in [0, 0.05) is 30.6 Å². The van der Waals surface area contributed by atoms with Crippen LogP contribution in [0, 0.1) is 0 Å². The van der Waals surface area contributed by atoms with Crippen LogP contribution in [0.3, 0.4) is 0 Å². The van der Waals surface area contributed by atoms with Gasteiger partial charge in [0.2, 0.25) is 0 Å². The molecule has 3 nitrogen and oxygen atoms in total. The smallest absolute Gasteiger partial charge is 0.196 e. The Morgan fingerprint density at radius 2 is 1.43 bits per heavy atom. The lowest BCUT2D eigenvalue weighted by Crippen LogP contribution is -2.27. The van der Waals surface area contributed by atoms with Crippen LogP contribution in [-0.2, 0) is 11.8 Å². The van der Waals surface area contributed by atoms with Crippen molar-refractivity contribution in [3.05, 3.63) is 126 Å². The summed E-state index contributed by atoms with van der Waals surface area (Å²) in [4.78, 5) is 2.17. The quantitative estimate of drug-likeness (QED) is 0.262. The lowest BCUT2D eigenvalue weighted by Gasteiger charge is -2.33. The monoisotopic (exact) mass is 484 g/mol. The van der Waals surface area contributed by atoms with Crippen molar-refractivity contribution in [1.82, 2.24) is 0 Å². The molecule has 0 amide bonds. The summed E-state index contributed by atoms with van der Waals surface area (Å²) in [6, 6.07) is 36.7. The van der Waals surface area contributed by atoms with Gasteiger partial charge in [0.05, 0.1) is 5.69 Å². The van der Waals surface area contributed by atoms with Crippen molar-refractivity contribution < 1.29 is 4.74 Å². The average molecular weight is 485 g/mol. The van der Waals surface area contributed by atoms with E-state index in [4.69, 9.17) is 4.74 Å². The fourth-order valence-electron chi connectivity index (χ4n) is 5.82. The number of hydrogen-bond donors (Lipinski definition) is 1. The number of benzene rings is 5. The van der Waals surface area contributed by atoms with Crippen LogP contribution < -0.4 is 15.0 Å². The Hall–Kier alpha value is -4.24. The van der Waals surface area contributed by atoms with E-state index in [1.54, 1.807) is 0 Å². The van der Waals surface area contributed by atoms with Crippen molar-refractivity contribution >= 4 is 32.9 Å². The van der Waals surface area contributed by atoms with E-state index in [1.165, 1.54) is 33.0 Å². The van der Waals surface area contributed by atoms with E-state index in [-0.39, 0.29) is 5.41 Å². The highest BCUT2D eigenvalue weighted by atomic mass is 16.5. The predicted molar refractivity (Wildman–Crippen MR) is 157 cm³/mol. The predicted octanol–water partition coefficient (Wildman–Crippen LogP) is 8.30. The third kappa shape index (κ3) is 4.11. The second-order valence-electron chi connectivity index (χ2n) is 10.2. The fourth-order valence-corrected chi connectivity index (χ4v) is 5.82. The minimum atomic E-state index is -0.172. The van der Waals surface area contributed by atoms with E-state index in [9.17, 15) is 0 Å². The molecule has 1 aliphatic heterocycles. The third-order valence-electron chi connectivity index (χ3n) is 7.72. The molecular formula is C34H32N2O. The molecule has 1 aliphatic rings. The van der Waals surface area contributed by atoms with Gasteiger partial charge < -0.3 is 15.0 Å². The van der Waals surface area contributed by atoms with E-state index >= 15 is 0 Å². The van der Waals surface area contributed by atoms with Crippen molar-refractivity contribution in [3.63, 3.8) is 0 Å². The van der Waals surface area contributed by atoms with Crippen LogP contribution in [0.1, 0.15) is 24.5 Å². The molecule has 6 rings (SSSR count). The Morgan fingerprint density at radius 1 is 0.784 bits per heavy atom. The molecule has 1 atom stereocenters. The first kappa shape index (κ1) is 23.2. The minimum Gasteiger partial charge on any atom is -0.438 e. The zero-order valence-corrected chi connectivity index (χ0v) is 21.7. The molecule has 0 aromatic heterocycles. The molecule has 0 aliphatic carbocycles. The van der Waals surface area contributed by atoms with Crippen LogP contribution in [0.2, 0.25) is 0 Å². The highest BCUT2D eigenvalue weighted by Gasteiger charge is 2.32. The Labute approximate surface area is 219 Å². The molecule has 184 valence electrons. The van der Waals surface area contributed by atoms with E-state index in [0.29, 0.717) is 0 Å². The summed E-state index contributed by atoms with van der Waals surface area (Å²) in [7, 11) is 4.11. The van der Waals surface area contributed by atoms with Crippen LogP contribution in [0.25, 0.3) is 21.5 Å². The molecular weight excluding hydrogens is 452 g/mol. The van der Waals surface area contributed by atoms with Crippen LogP contribution >= 0.6 is 0 Å². The molecule has 5 aromatic carbocycles. The third-order valence-corrected chi connectivity index (χ3v) is 7.72. The van der Waals surface area contributed by atoms with E-state index < -0.39 is 0 Å². The number of nitrogens with one attached hydrogen (secondary N) is 1. The fraction of sp³-hybridized carbons (Fsp3) is 0.176. The van der Waals surface area contributed by atoms with Crippen LogP contribution in [0.4, 0.5) is 11.4 Å². The molecule has 0 radical (unpaired) electrons. The molecule has 3 heteroatoms. The molecule has 0 bridgehead atoms. The van der Waals surface area contributed by atoms with Gasteiger partial charge in [-0.15, -0.1) is 0 Å². The lowest BCUT2D eigenvalue weighted by atomic mass is 9.72. The summed E-state index contributed by atoms with van der Waals surface area (Å²) >= 11 is 0.